The Morgan fingerprint density at radius 1 is 1.00 bits per heavy atom. The molecule has 2 N–H and O–H groups in total. The van der Waals surface area contributed by atoms with Gasteiger partial charge in [-0.1, -0.05) is 59.6 Å². The van der Waals surface area contributed by atoms with Crippen LogP contribution in [0.4, 0.5) is 0 Å². The number of benzene rings is 2. The molecule has 1 heterocycles. The minimum absolute atomic E-state index is 0.0149. The van der Waals surface area contributed by atoms with Crippen LogP contribution in [0.15, 0.2) is 78.0 Å². The number of rotatable bonds is 8. The number of carbonyl (C=O) groups is 1. The van der Waals surface area contributed by atoms with E-state index in [0.717, 1.165) is 11.1 Å². The average molecular weight is 464 g/mol. The Hall–Kier alpha value is -2.45. The average Bonchev–Trinajstić information content (AvgIpc) is 2.74. The summed E-state index contributed by atoms with van der Waals surface area (Å²) in [4.78, 5) is 16.7. The number of carbonyl (C=O) groups excluding carboxylic acids is 1. The molecule has 1 atom stereocenters. The maximum Gasteiger partial charge on any atom is 0.242 e. The molecule has 9 heteroatoms. The molecule has 156 valence electrons. The fourth-order valence-corrected chi connectivity index (χ4v) is 4.74. The molecule has 0 unspecified atom stereocenters. The molecule has 0 saturated carbocycles. The van der Waals surface area contributed by atoms with E-state index in [1.165, 1.54) is 18.2 Å². The monoisotopic (exact) mass is 463 g/mol. The first-order valence-electron chi connectivity index (χ1n) is 9.03. The number of amides is 1. The molecule has 0 bridgehead atoms. The highest BCUT2D eigenvalue weighted by Crippen LogP contribution is 2.25. The lowest BCUT2D eigenvalue weighted by atomic mass is 10.1. The first-order chi connectivity index (χ1) is 14.3. The van der Waals surface area contributed by atoms with Crippen LogP contribution in [0.25, 0.3) is 0 Å². The maximum absolute atomic E-state index is 12.9. The molecular weight excluding hydrogens is 445 g/mol. The summed E-state index contributed by atoms with van der Waals surface area (Å²) in [6, 6.07) is 15.8. The first kappa shape index (κ1) is 22.2. The predicted molar refractivity (Wildman–Crippen MR) is 117 cm³/mol. The molecule has 0 aliphatic carbocycles. The quantitative estimate of drug-likeness (QED) is 0.534. The second-order valence-corrected chi connectivity index (χ2v) is 9.04. The van der Waals surface area contributed by atoms with Crippen LogP contribution in [0.3, 0.4) is 0 Å². The summed E-state index contributed by atoms with van der Waals surface area (Å²) < 4.78 is 28.3. The smallest absolute Gasteiger partial charge is 0.242 e. The van der Waals surface area contributed by atoms with Gasteiger partial charge in [0.1, 0.15) is 10.9 Å². The number of hydrogen-bond acceptors (Lipinski definition) is 4. The van der Waals surface area contributed by atoms with E-state index in [0.29, 0.717) is 0 Å². The third-order valence-corrected chi connectivity index (χ3v) is 6.46. The van der Waals surface area contributed by atoms with E-state index in [-0.39, 0.29) is 27.9 Å². The number of sulfonamides is 1. The van der Waals surface area contributed by atoms with Crippen molar-refractivity contribution in [1.29, 1.82) is 0 Å². The van der Waals surface area contributed by atoms with E-state index in [1.807, 2.05) is 36.4 Å². The van der Waals surface area contributed by atoms with E-state index in [1.54, 1.807) is 18.5 Å². The highest BCUT2D eigenvalue weighted by molar-refractivity contribution is 7.89. The van der Waals surface area contributed by atoms with E-state index in [4.69, 9.17) is 23.2 Å². The van der Waals surface area contributed by atoms with E-state index < -0.39 is 22.0 Å². The Kier molecular flexibility index (Phi) is 7.44. The van der Waals surface area contributed by atoms with Gasteiger partial charge in [0.25, 0.3) is 0 Å². The summed E-state index contributed by atoms with van der Waals surface area (Å²) in [7, 11) is -4.10. The SMILES string of the molecule is O=C(NCc1cccnc1)[C@@H](Cc1ccccc1)NS(=O)(=O)c1cc(Cl)ccc1Cl. The zero-order valence-corrected chi connectivity index (χ0v) is 18.1. The van der Waals surface area contributed by atoms with Crippen molar-refractivity contribution in [2.75, 3.05) is 0 Å². The zero-order valence-electron chi connectivity index (χ0n) is 15.8. The van der Waals surface area contributed by atoms with Crippen LogP contribution in [-0.2, 0) is 27.8 Å². The maximum atomic E-state index is 12.9. The summed E-state index contributed by atoms with van der Waals surface area (Å²) in [5.41, 5.74) is 1.60. The van der Waals surface area contributed by atoms with Gasteiger partial charge < -0.3 is 5.32 Å². The third kappa shape index (κ3) is 6.03. The van der Waals surface area contributed by atoms with Crippen molar-refractivity contribution in [3.63, 3.8) is 0 Å². The molecule has 3 rings (SSSR count). The molecule has 0 spiro atoms. The molecule has 30 heavy (non-hydrogen) atoms. The van der Waals surface area contributed by atoms with Gasteiger partial charge in [-0.3, -0.25) is 9.78 Å². The topological polar surface area (TPSA) is 88.2 Å². The summed E-state index contributed by atoms with van der Waals surface area (Å²) >= 11 is 12.0. The Balaban J connectivity index is 1.83. The molecule has 0 saturated heterocycles. The number of halogens is 2. The Bertz CT molecular complexity index is 1110. The summed E-state index contributed by atoms with van der Waals surface area (Å²) in [6.07, 6.45) is 3.42. The molecular formula is C21H19Cl2N3O3S. The number of nitrogens with one attached hydrogen (secondary N) is 2. The summed E-state index contributed by atoms with van der Waals surface area (Å²) in [5.74, 6) is -0.468. The zero-order chi connectivity index (χ0) is 21.6. The minimum atomic E-state index is -4.10. The van der Waals surface area contributed by atoms with Crippen molar-refractivity contribution in [2.24, 2.45) is 0 Å². The van der Waals surface area contributed by atoms with Crippen LogP contribution in [-0.4, -0.2) is 25.4 Å². The minimum Gasteiger partial charge on any atom is -0.351 e. The molecule has 0 aliphatic rings. The molecule has 2 aromatic carbocycles. The molecule has 1 amide bonds. The fourth-order valence-electron chi connectivity index (χ4n) is 2.79. The van der Waals surface area contributed by atoms with E-state index in [2.05, 4.69) is 15.0 Å². The summed E-state index contributed by atoms with van der Waals surface area (Å²) in [5, 5.41) is 2.99. The van der Waals surface area contributed by atoms with Crippen molar-refractivity contribution in [1.82, 2.24) is 15.0 Å². The molecule has 0 aliphatic heterocycles. The van der Waals surface area contributed by atoms with E-state index >= 15 is 0 Å². The highest BCUT2D eigenvalue weighted by Gasteiger charge is 2.27. The molecule has 0 fully saturated rings. The lowest BCUT2D eigenvalue weighted by Crippen LogP contribution is -2.47. The predicted octanol–water partition coefficient (Wildman–Crippen LogP) is 3.59. The highest BCUT2D eigenvalue weighted by atomic mass is 35.5. The Morgan fingerprint density at radius 2 is 1.73 bits per heavy atom. The number of pyridine rings is 1. The normalized spacial score (nSPS) is 12.3. The Labute approximate surface area is 185 Å². The number of nitrogens with zero attached hydrogens (tertiary/aromatic N) is 1. The van der Waals surface area contributed by atoms with Crippen molar-refractivity contribution in [3.05, 3.63) is 94.2 Å². The molecule has 6 nitrogen and oxygen atoms in total. The van der Waals surface area contributed by atoms with Crippen molar-refractivity contribution < 1.29 is 13.2 Å². The largest absolute Gasteiger partial charge is 0.351 e. The van der Waals surface area contributed by atoms with Crippen LogP contribution in [0.1, 0.15) is 11.1 Å². The van der Waals surface area contributed by atoms with Crippen LogP contribution < -0.4 is 10.0 Å². The van der Waals surface area contributed by atoms with Crippen molar-refractivity contribution in [2.45, 2.75) is 23.9 Å². The van der Waals surface area contributed by atoms with Crippen LogP contribution >= 0.6 is 23.2 Å². The van der Waals surface area contributed by atoms with Gasteiger partial charge in [-0.15, -0.1) is 0 Å². The number of aromatic nitrogens is 1. The standard InChI is InChI=1S/C21H19Cl2N3O3S/c22-17-8-9-18(23)20(12-17)30(28,29)26-19(11-15-5-2-1-3-6-15)21(27)25-14-16-7-4-10-24-13-16/h1-10,12-13,19,26H,11,14H2,(H,25,27)/t19-/m1/s1. The third-order valence-electron chi connectivity index (χ3n) is 4.27. The van der Waals surface area contributed by atoms with Crippen LogP contribution in [0, 0.1) is 0 Å². The lowest BCUT2D eigenvalue weighted by Gasteiger charge is -2.19. The van der Waals surface area contributed by atoms with Gasteiger partial charge in [-0.25, -0.2) is 8.42 Å². The van der Waals surface area contributed by atoms with E-state index in [9.17, 15) is 13.2 Å². The second kappa shape index (κ2) is 10.0. The summed E-state index contributed by atoms with van der Waals surface area (Å²) in [6.45, 7) is 0.220. The van der Waals surface area contributed by atoms with Crippen molar-refractivity contribution >= 4 is 39.1 Å². The molecule has 1 aromatic heterocycles. The Morgan fingerprint density at radius 3 is 2.43 bits per heavy atom. The van der Waals surface area contributed by atoms with Gasteiger partial charge in [0.15, 0.2) is 0 Å². The van der Waals surface area contributed by atoms with Gasteiger partial charge >= 0.3 is 0 Å². The van der Waals surface area contributed by atoms with Crippen molar-refractivity contribution in [3.8, 4) is 0 Å². The molecule has 0 radical (unpaired) electrons. The van der Waals surface area contributed by atoms with Gasteiger partial charge in [-0.05, 0) is 41.8 Å². The van der Waals surface area contributed by atoms with Crippen LogP contribution in [0.5, 0.6) is 0 Å². The van der Waals surface area contributed by atoms with Crippen LogP contribution in [0.2, 0.25) is 10.0 Å². The second-order valence-electron chi connectivity index (χ2n) is 6.52. The van der Waals surface area contributed by atoms with Gasteiger partial charge in [-0.2, -0.15) is 4.72 Å². The number of hydrogen-bond donors (Lipinski definition) is 2. The lowest BCUT2D eigenvalue weighted by molar-refractivity contribution is -0.122. The van der Waals surface area contributed by atoms with Gasteiger partial charge in [0.05, 0.1) is 5.02 Å². The fraction of sp³-hybridized carbons (Fsp3) is 0.143. The van der Waals surface area contributed by atoms with Gasteiger partial charge in [0.2, 0.25) is 15.9 Å². The van der Waals surface area contributed by atoms with Gasteiger partial charge in [0, 0.05) is 24.0 Å². The molecule has 3 aromatic rings. The first-order valence-corrected chi connectivity index (χ1v) is 11.3.